The summed E-state index contributed by atoms with van der Waals surface area (Å²) in [5.41, 5.74) is 3.84. The van der Waals surface area contributed by atoms with E-state index in [4.69, 9.17) is 4.52 Å². The Labute approximate surface area is 156 Å². The first-order valence-electron chi connectivity index (χ1n) is 8.91. The third kappa shape index (κ3) is 3.55. The minimum absolute atomic E-state index is 0.0419. The van der Waals surface area contributed by atoms with Crippen molar-refractivity contribution in [2.45, 2.75) is 26.7 Å². The maximum absolute atomic E-state index is 12.5. The number of rotatable bonds is 4. The molecule has 0 bridgehead atoms. The van der Waals surface area contributed by atoms with E-state index in [1.165, 1.54) is 6.33 Å². The van der Waals surface area contributed by atoms with Crippen LogP contribution in [0.5, 0.6) is 0 Å². The SMILES string of the molecule is Cc1noc(C)c1-c1cnc(C[C@@H]2CCN(C(=O)c3ccncn3)C2)cn1. The van der Waals surface area contributed by atoms with Gasteiger partial charge in [-0.3, -0.25) is 14.8 Å². The number of amides is 1. The van der Waals surface area contributed by atoms with Gasteiger partial charge in [0.15, 0.2) is 0 Å². The van der Waals surface area contributed by atoms with Gasteiger partial charge < -0.3 is 9.42 Å². The first kappa shape index (κ1) is 17.3. The molecule has 8 heteroatoms. The molecule has 0 aromatic carbocycles. The fraction of sp³-hybridized carbons (Fsp3) is 0.368. The van der Waals surface area contributed by atoms with Crippen LogP contribution in [0.4, 0.5) is 0 Å². The van der Waals surface area contributed by atoms with Crippen LogP contribution in [0.25, 0.3) is 11.3 Å². The number of carbonyl (C=O) groups excluding carboxylic acids is 1. The van der Waals surface area contributed by atoms with Gasteiger partial charge in [-0.1, -0.05) is 5.16 Å². The molecule has 8 nitrogen and oxygen atoms in total. The zero-order chi connectivity index (χ0) is 18.8. The molecule has 0 N–H and O–H groups in total. The summed E-state index contributed by atoms with van der Waals surface area (Å²) >= 11 is 0. The monoisotopic (exact) mass is 364 g/mol. The summed E-state index contributed by atoms with van der Waals surface area (Å²) in [4.78, 5) is 31.3. The molecule has 1 amide bonds. The Morgan fingerprint density at radius 2 is 2.15 bits per heavy atom. The molecule has 1 saturated heterocycles. The summed E-state index contributed by atoms with van der Waals surface area (Å²) in [6, 6.07) is 1.65. The summed E-state index contributed by atoms with van der Waals surface area (Å²) in [7, 11) is 0. The summed E-state index contributed by atoms with van der Waals surface area (Å²) < 4.78 is 5.19. The lowest BCUT2D eigenvalue weighted by Crippen LogP contribution is -2.29. The second kappa shape index (κ2) is 7.22. The highest BCUT2D eigenvalue weighted by Crippen LogP contribution is 2.25. The lowest BCUT2D eigenvalue weighted by atomic mass is 10.0. The average molecular weight is 364 g/mol. The van der Waals surface area contributed by atoms with Crippen molar-refractivity contribution >= 4 is 5.91 Å². The molecule has 1 atom stereocenters. The number of aromatic nitrogens is 5. The Bertz CT molecular complexity index is 919. The number of aryl methyl sites for hydroxylation is 2. The van der Waals surface area contributed by atoms with Gasteiger partial charge in [0.2, 0.25) is 0 Å². The molecule has 0 spiro atoms. The molecule has 1 aliphatic heterocycles. The predicted octanol–water partition coefficient (Wildman–Crippen LogP) is 2.24. The number of likely N-dealkylation sites (tertiary alicyclic amines) is 1. The van der Waals surface area contributed by atoms with Crippen LogP contribution in [0.2, 0.25) is 0 Å². The van der Waals surface area contributed by atoms with E-state index in [2.05, 4.69) is 25.1 Å². The summed E-state index contributed by atoms with van der Waals surface area (Å²) in [6.45, 7) is 5.20. The minimum Gasteiger partial charge on any atom is -0.361 e. The van der Waals surface area contributed by atoms with Crippen molar-refractivity contribution in [2.75, 3.05) is 13.1 Å². The lowest BCUT2D eigenvalue weighted by molar-refractivity contribution is 0.0781. The zero-order valence-corrected chi connectivity index (χ0v) is 15.3. The van der Waals surface area contributed by atoms with Gasteiger partial charge in [0, 0.05) is 25.5 Å². The van der Waals surface area contributed by atoms with Gasteiger partial charge in [-0.2, -0.15) is 0 Å². The normalized spacial score (nSPS) is 16.7. The molecule has 0 unspecified atom stereocenters. The van der Waals surface area contributed by atoms with Crippen LogP contribution in [0.3, 0.4) is 0 Å². The highest BCUT2D eigenvalue weighted by molar-refractivity contribution is 5.92. The minimum atomic E-state index is -0.0419. The van der Waals surface area contributed by atoms with Crippen molar-refractivity contribution in [3.8, 4) is 11.3 Å². The van der Waals surface area contributed by atoms with E-state index < -0.39 is 0 Å². The first-order valence-corrected chi connectivity index (χ1v) is 8.91. The Morgan fingerprint density at radius 3 is 2.81 bits per heavy atom. The van der Waals surface area contributed by atoms with E-state index in [9.17, 15) is 4.79 Å². The van der Waals surface area contributed by atoms with Gasteiger partial charge in [-0.15, -0.1) is 0 Å². The van der Waals surface area contributed by atoms with Crippen molar-refractivity contribution in [2.24, 2.45) is 5.92 Å². The number of hydrogen-bond donors (Lipinski definition) is 0. The summed E-state index contributed by atoms with van der Waals surface area (Å²) in [6.07, 6.45) is 8.30. The lowest BCUT2D eigenvalue weighted by Gasteiger charge is -2.15. The van der Waals surface area contributed by atoms with Gasteiger partial charge in [0.25, 0.3) is 5.91 Å². The molecule has 1 aliphatic rings. The number of hydrogen-bond acceptors (Lipinski definition) is 7. The maximum Gasteiger partial charge on any atom is 0.272 e. The van der Waals surface area contributed by atoms with E-state index in [0.717, 1.165) is 47.8 Å². The average Bonchev–Trinajstić information content (AvgIpc) is 3.29. The third-order valence-electron chi connectivity index (χ3n) is 4.87. The van der Waals surface area contributed by atoms with Crippen LogP contribution in [0, 0.1) is 19.8 Å². The number of carbonyl (C=O) groups is 1. The van der Waals surface area contributed by atoms with Crippen molar-refractivity contribution in [3.63, 3.8) is 0 Å². The molecule has 1 fully saturated rings. The molecule has 0 aliphatic carbocycles. The van der Waals surface area contributed by atoms with Crippen molar-refractivity contribution in [1.82, 2.24) is 30.0 Å². The number of nitrogens with zero attached hydrogens (tertiary/aromatic N) is 6. The second-order valence-corrected chi connectivity index (χ2v) is 6.80. The van der Waals surface area contributed by atoms with E-state index in [1.807, 2.05) is 18.7 Å². The van der Waals surface area contributed by atoms with Crippen LogP contribution in [-0.2, 0) is 6.42 Å². The van der Waals surface area contributed by atoms with Crippen LogP contribution >= 0.6 is 0 Å². The fourth-order valence-corrected chi connectivity index (χ4v) is 3.50. The quantitative estimate of drug-likeness (QED) is 0.700. The zero-order valence-electron chi connectivity index (χ0n) is 15.3. The topological polar surface area (TPSA) is 97.9 Å². The molecule has 138 valence electrons. The van der Waals surface area contributed by atoms with E-state index in [-0.39, 0.29) is 5.91 Å². The maximum atomic E-state index is 12.5. The molecule has 4 heterocycles. The van der Waals surface area contributed by atoms with Crippen LogP contribution < -0.4 is 0 Å². The van der Waals surface area contributed by atoms with Crippen LogP contribution in [0.1, 0.15) is 34.1 Å². The van der Waals surface area contributed by atoms with Crippen molar-refractivity contribution in [1.29, 1.82) is 0 Å². The van der Waals surface area contributed by atoms with Gasteiger partial charge >= 0.3 is 0 Å². The fourth-order valence-electron chi connectivity index (χ4n) is 3.50. The molecular weight excluding hydrogens is 344 g/mol. The smallest absolute Gasteiger partial charge is 0.272 e. The molecular formula is C19H20N6O2. The largest absolute Gasteiger partial charge is 0.361 e. The van der Waals surface area contributed by atoms with Gasteiger partial charge in [-0.05, 0) is 38.7 Å². The molecule has 27 heavy (non-hydrogen) atoms. The van der Waals surface area contributed by atoms with Crippen LogP contribution in [0.15, 0.2) is 35.5 Å². The highest BCUT2D eigenvalue weighted by Gasteiger charge is 2.28. The van der Waals surface area contributed by atoms with E-state index in [1.54, 1.807) is 24.7 Å². The Kier molecular flexibility index (Phi) is 4.62. The van der Waals surface area contributed by atoms with Crippen molar-refractivity contribution in [3.05, 3.63) is 53.8 Å². The molecule has 3 aromatic heterocycles. The molecule has 4 rings (SSSR count). The Hall–Kier alpha value is -3.16. The van der Waals surface area contributed by atoms with Crippen molar-refractivity contribution < 1.29 is 9.32 Å². The Balaban J connectivity index is 1.40. The highest BCUT2D eigenvalue weighted by atomic mass is 16.5. The first-order chi connectivity index (χ1) is 13.1. The molecule has 3 aromatic rings. The standard InChI is InChI=1S/C19H20N6O2/c1-12-18(13(2)27-24-12)17-9-21-15(8-22-17)7-14-4-6-25(10-14)19(26)16-3-5-20-11-23-16/h3,5,8-9,11,14H,4,6-7,10H2,1-2H3/t14-/m0/s1. The van der Waals surface area contributed by atoms with Gasteiger partial charge in [-0.25, -0.2) is 9.97 Å². The van der Waals surface area contributed by atoms with Gasteiger partial charge in [0.05, 0.1) is 28.8 Å². The van der Waals surface area contributed by atoms with E-state index >= 15 is 0 Å². The van der Waals surface area contributed by atoms with Gasteiger partial charge in [0.1, 0.15) is 17.8 Å². The molecule has 0 saturated carbocycles. The van der Waals surface area contributed by atoms with E-state index in [0.29, 0.717) is 18.2 Å². The molecule has 0 radical (unpaired) electrons. The summed E-state index contributed by atoms with van der Waals surface area (Å²) in [5, 5.41) is 3.96. The third-order valence-corrected chi connectivity index (χ3v) is 4.87. The second-order valence-electron chi connectivity index (χ2n) is 6.80. The predicted molar refractivity (Wildman–Crippen MR) is 96.7 cm³/mol. The van der Waals surface area contributed by atoms with Crippen LogP contribution in [-0.4, -0.2) is 49.0 Å². The summed E-state index contributed by atoms with van der Waals surface area (Å²) in [5.74, 6) is 1.07. The Morgan fingerprint density at radius 1 is 1.26 bits per heavy atom.